The van der Waals surface area contributed by atoms with Gasteiger partial charge in [0, 0.05) is 13.5 Å². The lowest BCUT2D eigenvalue weighted by molar-refractivity contribution is 0.171. The Balaban J connectivity index is 2.38. The van der Waals surface area contributed by atoms with Crippen LogP contribution in [0.25, 0.3) is 0 Å². The van der Waals surface area contributed by atoms with Crippen LogP contribution in [0.5, 0.6) is 0 Å². The minimum atomic E-state index is -0.962. The summed E-state index contributed by atoms with van der Waals surface area (Å²) in [6, 6.07) is 0. The quantitative estimate of drug-likeness (QED) is 0.622. The molecular weight excluding hydrogens is 134 g/mol. The van der Waals surface area contributed by atoms with E-state index in [0.29, 0.717) is 13.0 Å². The first-order valence-corrected chi connectivity index (χ1v) is 2.89. The summed E-state index contributed by atoms with van der Waals surface area (Å²) in [4.78, 5) is 0. The maximum absolute atomic E-state index is 5.54. The molecule has 0 aromatic carbocycles. The van der Waals surface area contributed by atoms with E-state index in [0.717, 1.165) is 0 Å². The Kier molecular flexibility index (Phi) is 2.03. The van der Waals surface area contributed by atoms with Gasteiger partial charge >= 0.3 is 0 Å². The monoisotopic (exact) mass is 143 g/mol. The third-order valence-corrected chi connectivity index (χ3v) is 1.15. The van der Waals surface area contributed by atoms with Crippen LogP contribution >= 0.6 is 0 Å². The Labute approximate surface area is 58.1 Å². The first-order valence-electron chi connectivity index (χ1n) is 2.89. The van der Waals surface area contributed by atoms with Gasteiger partial charge in [-0.1, -0.05) is 0 Å². The van der Waals surface area contributed by atoms with Gasteiger partial charge in [0.05, 0.1) is 6.61 Å². The van der Waals surface area contributed by atoms with Crippen LogP contribution < -0.4 is 5.73 Å². The van der Waals surface area contributed by atoms with Crippen molar-refractivity contribution in [3.63, 3.8) is 0 Å². The first-order chi connectivity index (χ1) is 4.77. The van der Waals surface area contributed by atoms with Crippen molar-refractivity contribution in [2.45, 2.75) is 12.2 Å². The number of rotatable bonds is 3. The Bertz CT molecular complexity index is 153. The molecule has 0 unspecified atom stereocenters. The molecule has 0 saturated carbocycles. The number of methoxy groups -OCH3 is 1. The molecule has 6 heteroatoms. The van der Waals surface area contributed by atoms with E-state index in [-0.39, 0.29) is 0 Å². The van der Waals surface area contributed by atoms with Gasteiger partial charge in [0.15, 0.2) is 0 Å². The number of ether oxygens (including phenoxy) is 1. The molecule has 0 amide bonds. The predicted molar refractivity (Wildman–Crippen MR) is 33.1 cm³/mol. The van der Waals surface area contributed by atoms with Crippen molar-refractivity contribution in [1.82, 2.24) is 0 Å². The summed E-state index contributed by atoms with van der Waals surface area (Å²) in [5.41, 5.74) is 5.54. The van der Waals surface area contributed by atoms with Crippen LogP contribution in [-0.2, 0) is 4.74 Å². The SMILES string of the molecule is COCCC1(N)N=NN=N1. The highest BCUT2D eigenvalue weighted by molar-refractivity contribution is 4.76. The van der Waals surface area contributed by atoms with E-state index < -0.39 is 5.79 Å². The van der Waals surface area contributed by atoms with Crippen molar-refractivity contribution in [2.75, 3.05) is 13.7 Å². The minimum absolute atomic E-state index is 0.508. The molecule has 1 rings (SSSR count). The van der Waals surface area contributed by atoms with Gasteiger partial charge in [0.1, 0.15) is 0 Å². The summed E-state index contributed by atoms with van der Waals surface area (Å²) in [7, 11) is 1.59. The molecule has 1 heterocycles. The Morgan fingerprint density at radius 3 is 2.50 bits per heavy atom. The zero-order valence-corrected chi connectivity index (χ0v) is 5.69. The van der Waals surface area contributed by atoms with Gasteiger partial charge in [0.2, 0.25) is 5.79 Å². The summed E-state index contributed by atoms with van der Waals surface area (Å²) in [6.07, 6.45) is 0.510. The van der Waals surface area contributed by atoms with E-state index in [2.05, 4.69) is 20.7 Å². The molecule has 0 bridgehead atoms. The van der Waals surface area contributed by atoms with Gasteiger partial charge in [-0.3, -0.25) is 5.73 Å². The van der Waals surface area contributed by atoms with Gasteiger partial charge in [-0.15, -0.1) is 10.2 Å². The van der Waals surface area contributed by atoms with Crippen LogP contribution in [0.1, 0.15) is 6.42 Å². The van der Waals surface area contributed by atoms with Crippen LogP contribution in [0.4, 0.5) is 0 Å². The highest BCUT2D eigenvalue weighted by atomic mass is 16.5. The molecule has 0 fully saturated rings. The lowest BCUT2D eigenvalue weighted by atomic mass is 10.3. The Hall–Kier alpha value is -0.880. The van der Waals surface area contributed by atoms with Crippen molar-refractivity contribution >= 4 is 0 Å². The fraction of sp³-hybridized carbons (Fsp3) is 1.00. The van der Waals surface area contributed by atoms with Crippen molar-refractivity contribution in [3.05, 3.63) is 0 Å². The molecule has 1 aliphatic rings. The minimum Gasteiger partial charge on any atom is -0.384 e. The summed E-state index contributed by atoms with van der Waals surface area (Å²) in [5.74, 6) is -0.962. The van der Waals surface area contributed by atoms with Crippen LogP contribution in [0.2, 0.25) is 0 Å². The zero-order chi connectivity index (χ0) is 7.45. The zero-order valence-electron chi connectivity index (χ0n) is 5.69. The Morgan fingerprint density at radius 1 is 1.40 bits per heavy atom. The number of hydrogen-bond donors (Lipinski definition) is 1. The lowest BCUT2D eigenvalue weighted by Gasteiger charge is -2.11. The molecule has 0 atom stereocenters. The normalized spacial score (nSPS) is 20.2. The van der Waals surface area contributed by atoms with Gasteiger partial charge in [-0.25, -0.2) is 0 Å². The molecule has 56 valence electrons. The van der Waals surface area contributed by atoms with E-state index >= 15 is 0 Å². The van der Waals surface area contributed by atoms with Crippen molar-refractivity contribution < 1.29 is 4.74 Å². The standard InChI is InChI=1S/C4H9N5O/c1-10-3-2-4(5)6-8-9-7-4/h2-3,5H2,1H3. The fourth-order valence-electron chi connectivity index (χ4n) is 0.567. The van der Waals surface area contributed by atoms with Crippen LogP contribution in [0.3, 0.4) is 0 Å². The van der Waals surface area contributed by atoms with Gasteiger partial charge < -0.3 is 4.74 Å². The smallest absolute Gasteiger partial charge is 0.246 e. The van der Waals surface area contributed by atoms with Crippen molar-refractivity contribution in [1.29, 1.82) is 0 Å². The fourth-order valence-corrected chi connectivity index (χ4v) is 0.567. The first kappa shape index (κ1) is 7.23. The van der Waals surface area contributed by atoms with Gasteiger partial charge in [-0.05, 0) is 10.4 Å². The molecule has 2 N–H and O–H groups in total. The van der Waals surface area contributed by atoms with Crippen molar-refractivity contribution in [2.24, 2.45) is 26.4 Å². The molecule has 0 aliphatic carbocycles. The second-order valence-electron chi connectivity index (χ2n) is 2.00. The summed E-state index contributed by atoms with van der Waals surface area (Å²) in [6.45, 7) is 0.508. The molecule has 0 aromatic rings. The molecule has 0 radical (unpaired) electrons. The van der Waals surface area contributed by atoms with Gasteiger partial charge in [0.25, 0.3) is 0 Å². The third-order valence-electron chi connectivity index (χ3n) is 1.15. The summed E-state index contributed by atoms with van der Waals surface area (Å²) < 4.78 is 4.79. The van der Waals surface area contributed by atoms with E-state index in [4.69, 9.17) is 10.5 Å². The molecule has 0 aromatic heterocycles. The molecule has 6 nitrogen and oxygen atoms in total. The number of nitrogens with zero attached hydrogens (tertiary/aromatic N) is 4. The van der Waals surface area contributed by atoms with E-state index in [1.54, 1.807) is 7.11 Å². The highest BCUT2D eigenvalue weighted by Crippen LogP contribution is 2.16. The topological polar surface area (TPSA) is 84.7 Å². The average Bonchev–Trinajstić information content (AvgIpc) is 2.33. The molecule has 1 aliphatic heterocycles. The Morgan fingerprint density at radius 2 is 2.00 bits per heavy atom. The molecule has 0 spiro atoms. The lowest BCUT2D eigenvalue weighted by Crippen LogP contribution is -2.34. The maximum Gasteiger partial charge on any atom is 0.246 e. The largest absolute Gasteiger partial charge is 0.384 e. The summed E-state index contributed by atoms with van der Waals surface area (Å²) >= 11 is 0. The molecular formula is C4H9N5O. The van der Waals surface area contributed by atoms with E-state index in [1.807, 2.05) is 0 Å². The highest BCUT2D eigenvalue weighted by Gasteiger charge is 2.26. The average molecular weight is 143 g/mol. The number of hydrogen-bond acceptors (Lipinski definition) is 6. The van der Waals surface area contributed by atoms with Crippen LogP contribution in [0.15, 0.2) is 20.7 Å². The molecule has 0 saturated heterocycles. The molecule has 10 heavy (non-hydrogen) atoms. The van der Waals surface area contributed by atoms with E-state index in [1.165, 1.54) is 0 Å². The number of nitrogens with two attached hydrogens (primary N) is 1. The maximum atomic E-state index is 5.54. The van der Waals surface area contributed by atoms with Crippen molar-refractivity contribution in [3.8, 4) is 0 Å². The third kappa shape index (κ3) is 1.55. The van der Waals surface area contributed by atoms with Crippen LogP contribution in [0, 0.1) is 0 Å². The summed E-state index contributed by atoms with van der Waals surface area (Å²) in [5, 5.41) is 13.8. The van der Waals surface area contributed by atoms with E-state index in [9.17, 15) is 0 Å². The predicted octanol–water partition coefficient (Wildman–Crippen LogP) is 0.468. The second-order valence-corrected chi connectivity index (χ2v) is 2.00. The van der Waals surface area contributed by atoms with Crippen LogP contribution in [-0.4, -0.2) is 19.5 Å². The van der Waals surface area contributed by atoms with Gasteiger partial charge in [-0.2, -0.15) is 0 Å². The second kappa shape index (κ2) is 2.80.